The Hall–Kier alpha value is -1.81. The lowest BCUT2D eigenvalue weighted by Gasteiger charge is -2.13. The van der Waals surface area contributed by atoms with Crippen molar-refractivity contribution < 1.29 is 13.9 Å². The molecule has 0 atom stereocenters. The summed E-state index contributed by atoms with van der Waals surface area (Å²) >= 11 is 0. The van der Waals surface area contributed by atoms with Gasteiger partial charge in [-0.3, -0.25) is 0 Å². The van der Waals surface area contributed by atoms with E-state index in [1.165, 1.54) is 0 Å². The second-order valence-electron chi connectivity index (χ2n) is 6.60. The number of ether oxygens (including phenoxy) is 2. The number of hydrogen-bond donors (Lipinski definition) is 2. The average Bonchev–Trinajstić information content (AvgIpc) is 3.00. The van der Waals surface area contributed by atoms with Crippen LogP contribution in [0.2, 0.25) is 0 Å². The fourth-order valence-corrected chi connectivity index (χ4v) is 2.59. The van der Waals surface area contributed by atoms with Crippen LogP contribution in [0.5, 0.6) is 5.75 Å². The summed E-state index contributed by atoms with van der Waals surface area (Å²) in [6, 6.07) is 6.19. The lowest BCUT2D eigenvalue weighted by molar-refractivity contribution is 0.172. The van der Waals surface area contributed by atoms with Gasteiger partial charge in [-0.2, -0.15) is 0 Å². The summed E-state index contributed by atoms with van der Waals surface area (Å²) in [6.45, 7) is 11.0. The molecule has 0 aliphatic heterocycles. The largest absolute Gasteiger partial charge is 0.493 e. The molecule has 1 aromatic carbocycles. The molecule has 8 heteroatoms. The van der Waals surface area contributed by atoms with Crippen LogP contribution in [0.1, 0.15) is 41.8 Å². The maximum atomic E-state index is 5.94. The molecule has 0 saturated carbocycles. The van der Waals surface area contributed by atoms with Crippen molar-refractivity contribution in [3.63, 3.8) is 0 Å². The van der Waals surface area contributed by atoms with Crippen LogP contribution in [0.25, 0.3) is 0 Å². The second-order valence-corrected chi connectivity index (χ2v) is 6.60. The Labute approximate surface area is 190 Å². The van der Waals surface area contributed by atoms with Gasteiger partial charge in [-0.1, -0.05) is 12.1 Å². The molecule has 0 bridgehead atoms. The fourth-order valence-electron chi connectivity index (χ4n) is 2.59. The molecule has 2 aromatic rings. The highest BCUT2D eigenvalue weighted by Crippen LogP contribution is 2.21. The van der Waals surface area contributed by atoms with Crippen molar-refractivity contribution in [1.82, 2.24) is 15.6 Å². The molecule has 0 amide bonds. The van der Waals surface area contributed by atoms with Crippen molar-refractivity contribution in [3.8, 4) is 5.75 Å². The van der Waals surface area contributed by atoms with Crippen LogP contribution < -0.4 is 15.4 Å². The van der Waals surface area contributed by atoms with Crippen LogP contribution in [-0.4, -0.2) is 37.8 Å². The van der Waals surface area contributed by atoms with E-state index in [4.69, 9.17) is 13.9 Å². The Morgan fingerprint density at radius 1 is 1.17 bits per heavy atom. The van der Waals surface area contributed by atoms with Crippen molar-refractivity contribution in [2.75, 3.05) is 26.9 Å². The number of hydrogen-bond acceptors (Lipinski definition) is 5. The third-order valence-corrected chi connectivity index (χ3v) is 4.20. The van der Waals surface area contributed by atoms with Crippen LogP contribution in [0, 0.1) is 20.8 Å². The average molecular weight is 516 g/mol. The summed E-state index contributed by atoms with van der Waals surface area (Å²) in [6.07, 6.45) is 0.853. The van der Waals surface area contributed by atoms with Gasteiger partial charge in [0, 0.05) is 32.2 Å². The highest BCUT2D eigenvalue weighted by molar-refractivity contribution is 14.0. The third-order valence-electron chi connectivity index (χ3n) is 4.20. The Morgan fingerprint density at radius 3 is 2.62 bits per heavy atom. The van der Waals surface area contributed by atoms with Gasteiger partial charge in [0.05, 0.1) is 25.4 Å². The quantitative estimate of drug-likeness (QED) is 0.216. The normalized spacial score (nSPS) is 11.1. The minimum atomic E-state index is 0. The molecule has 29 heavy (non-hydrogen) atoms. The molecule has 0 unspecified atom stereocenters. The molecule has 1 heterocycles. The van der Waals surface area contributed by atoms with Crippen molar-refractivity contribution >= 4 is 29.9 Å². The number of halogens is 1. The van der Waals surface area contributed by atoms with Crippen LogP contribution in [0.3, 0.4) is 0 Å². The van der Waals surface area contributed by atoms with E-state index in [-0.39, 0.29) is 24.0 Å². The van der Waals surface area contributed by atoms with Crippen molar-refractivity contribution in [1.29, 1.82) is 0 Å². The van der Waals surface area contributed by atoms with E-state index >= 15 is 0 Å². The number of aromatic nitrogens is 1. The molecular weight excluding hydrogens is 483 g/mol. The van der Waals surface area contributed by atoms with Gasteiger partial charge < -0.3 is 24.5 Å². The lowest BCUT2D eigenvalue weighted by Crippen LogP contribution is -2.36. The van der Waals surface area contributed by atoms with E-state index < -0.39 is 0 Å². The van der Waals surface area contributed by atoms with Crippen molar-refractivity contribution in [3.05, 3.63) is 46.7 Å². The third kappa shape index (κ3) is 8.61. The minimum absolute atomic E-state index is 0. The van der Waals surface area contributed by atoms with Gasteiger partial charge in [0.25, 0.3) is 0 Å². The first-order valence-corrected chi connectivity index (χ1v) is 9.69. The number of methoxy groups -OCH3 is 1. The Kier molecular flexibility index (Phi) is 11.7. The Bertz CT molecular complexity index is 758. The highest BCUT2D eigenvalue weighted by Gasteiger charge is 2.08. The van der Waals surface area contributed by atoms with Gasteiger partial charge >= 0.3 is 0 Å². The molecule has 7 nitrogen and oxygen atoms in total. The SMILES string of the molecule is CCNC(=NCc1ccc(C)cc1OCCCOC)NCc1nc(C)c(C)o1.I. The van der Waals surface area contributed by atoms with E-state index in [9.17, 15) is 0 Å². The zero-order valence-corrected chi connectivity index (χ0v) is 20.3. The molecule has 2 N–H and O–H groups in total. The van der Waals surface area contributed by atoms with Crippen LogP contribution in [-0.2, 0) is 17.8 Å². The number of aryl methyl sites for hydroxylation is 3. The molecule has 0 spiro atoms. The number of oxazole rings is 1. The van der Waals surface area contributed by atoms with E-state index in [0.717, 1.165) is 41.3 Å². The van der Waals surface area contributed by atoms with E-state index in [2.05, 4.69) is 45.7 Å². The number of rotatable bonds is 10. The number of benzene rings is 1. The van der Waals surface area contributed by atoms with Crippen molar-refractivity contribution in [2.24, 2.45) is 4.99 Å². The molecule has 0 aliphatic carbocycles. The van der Waals surface area contributed by atoms with Gasteiger partial charge in [0.15, 0.2) is 5.96 Å². The van der Waals surface area contributed by atoms with Gasteiger partial charge in [0.1, 0.15) is 11.5 Å². The minimum Gasteiger partial charge on any atom is -0.493 e. The number of nitrogens with zero attached hydrogens (tertiary/aromatic N) is 2. The predicted octanol–water partition coefficient (Wildman–Crippen LogP) is 3.89. The topological polar surface area (TPSA) is 80.9 Å². The maximum absolute atomic E-state index is 5.94. The predicted molar refractivity (Wildman–Crippen MR) is 126 cm³/mol. The number of nitrogens with one attached hydrogen (secondary N) is 2. The lowest BCUT2D eigenvalue weighted by atomic mass is 10.1. The molecular formula is C21H33IN4O3. The summed E-state index contributed by atoms with van der Waals surface area (Å²) in [4.78, 5) is 9.07. The number of guanidine groups is 1. The molecule has 0 radical (unpaired) electrons. The zero-order chi connectivity index (χ0) is 20.4. The fraction of sp³-hybridized carbons (Fsp3) is 0.524. The Balaban J connectivity index is 0.00000420. The summed E-state index contributed by atoms with van der Waals surface area (Å²) in [7, 11) is 1.70. The molecule has 0 fully saturated rings. The first kappa shape index (κ1) is 25.2. The molecule has 1 aromatic heterocycles. The van der Waals surface area contributed by atoms with Crippen LogP contribution in [0.15, 0.2) is 27.6 Å². The zero-order valence-electron chi connectivity index (χ0n) is 18.0. The van der Waals surface area contributed by atoms with Gasteiger partial charge in [-0.25, -0.2) is 9.98 Å². The molecule has 2 rings (SSSR count). The van der Waals surface area contributed by atoms with Crippen molar-refractivity contribution in [2.45, 2.75) is 47.2 Å². The summed E-state index contributed by atoms with van der Waals surface area (Å²) in [5.41, 5.74) is 3.12. The van der Waals surface area contributed by atoms with E-state index in [1.54, 1.807) is 7.11 Å². The number of aliphatic imine (C=N–C) groups is 1. The van der Waals surface area contributed by atoms with E-state index in [0.29, 0.717) is 38.2 Å². The monoisotopic (exact) mass is 516 g/mol. The molecule has 0 saturated heterocycles. The first-order valence-electron chi connectivity index (χ1n) is 9.69. The van der Waals surface area contributed by atoms with Crippen LogP contribution in [0.4, 0.5) is 0 Å². The highest BCUT2D eigenvalue weighted by atomic mass is 127. The summed E-state index contributed by atoms with van der Waals surface area (Å²) in [5, 5.41) is 6.51. The summed E-state index contributed by atoms with van der Waals surface area (Å²) in [5.74, 6) is 3.07. The first-order chi connectivity index (χ1) is 13.5. The molecule has 162 valence electrons. The molecule has 0 aliphatic rings. The second kappa shape index (κ2) is 13.4. The standard InChI is InChI=1S/C21H32N4O3.HI/c1-6-22-21(24-14-20-25-16(3)17(4)28-20)23-13-18-9-8-15(2)12-19(18)27-11-7-10-26-5;/h8-9,12H,6-7,10-11,13-14H2,1-5H3,(H2,22,23,24);1H. The van der Waals surface area contributed by atoms with Gasteiger partial charge in [0.2, 0.25) is 5.89 Å². The van der Waals surface area contributed by atoms with E-state index in [1.807, 2.05) is 20.8 Å². The summed E-state index contributed by atoms with van der Waals surface area (Å²) < 4.78 is 16.6. The maximum Gasteiger partial charge on any atom is 0.214 e. The Morgan fingerprint density at radius 2 is 1.97 bits per heavy atom. The van der Waals surface area contributed by atoms with Gasteiger partial charge in [-0.15, -0.1) is 24.0 Å². The smallest absolute Gasteiger partial charge is 0.214 e. The van der Waals surface area contributed by atoms with Gasteiger partial charge in [-0.05, 0) is 39.3 Å². The van der Waals surface area contributed by atoms with Crippen LogP contribution >= 0.6 is 24.0 Å².